The van der Waals surface area contributed by atoms with E-state index in [4.69, 9.17) is 0 Å². The average molecular weight is 387 g/mol. The lowest BCUT2D eigenvalue weighted by Crippen LogP contribution is -2.41. The highest BCUT2D eigenvalue weighted by Crippen LogP contribution is 2.37. The molecule has 2 rings (SSSR count). The van der Waals surface area contributed by atoms with Crippen LogP contribution >= 0.6 is 0 Å². The van der Waals surface area contributed by atoms with Crippen molar-refractivity contribution in [3.8, 4) is 0 Å². The van der Waals surface area contributed by atoms with E-state index in [-0.39, 0.29) is 17.5 Å². The number of rotatable bonds is 7. The fourth-order valence-corrected chi connectivity index (χ4v) is 3.23. The number of carbonyl (C=O) groups excluding carboxylic acids is 1. The molecule has 1 aliphatic heterocycles. The SMILES string of the molecule is CCCCCNC(=O)C1CCN(c2ccc(C(F)(F)F)cc2[N+](=O)[O-])CC1. The summed E-state index contributed by atoms with van der Waals surface area (Å²) in [5.41, 5.74) is -1.44. The molecule has 0 spiro atoms. The summed E-state index contributed by atoms with van der Waals surface area (Å²) in [6.07, 6.45) is -0.558. The Morgan fingerprint density at radius 1 is 1.30 bits per heavy atom. The Bertz CT molecular complexity index is 672. The van der Waals surface area contributed by atoms with Gasteiger partial charge in [-0.15, -0.1) is 0 Å². The van der Waals surface area contributed by atoms with Crippen molar-refractivity contribution < 1.29 is 22.9 Å². The van der Waals surface area contributed by atoms with Crippen LogP contribution in [0, 0.1) is 16.0 Å². The number of carbonyl (C=O) groups is 1. The van der Waals surface area contributed by atoms with Gasteiger partial charge in [0.25, 0.3) is 5.69 Å². The zero-order chi connectivity index (χ0) is 20.0. The molecular formula is C18H24F3N3O3. The predicted molar refractivity (Wildman–Crippen MR) is 95.6 cm³/mol. The van der Waals surface area contributed by atoms with E-state index in [9.17, 15) is 28.1 Å². The Morgan fingerprint density at radius 2 is 1.96 bits per heavy atom. The minimum atomic E-state index is -4.63. The molecule has 0 radical (unpaired) electrons. The monoisotopic (exact) mass is 387 g/mol. The Kier molecular flexibility index (Phi) is 7.04. The number of anilines is 1. The van der Waals surface area contributed by atoms with Crippen molar-refractivity contribution in [1.82, 2.24) is 5.32 Å². The summed E-state index contributed by atoms with van der Waals surface area (Å²) >= 11 is 0. The lowest BCUT2D eigenvalue weighted by atomic mass is 9.95. The fraction of sp³-hybridized carbons (Fsp3) is 0.611. The first-order valence-electron chi connectivity index (χ1n) is 9.12. The number of benzene rings is 1. The van der Waals surface area contributed by atoms with E-state index in [1.165, 1.54) is 0 Å². The quantitative estimate of drug-likeness (QED) is 0.434. The van der Waals surface area contributed by atoms with Gasteiger partial charge in [0, 0.05) is 31.6 Å². The second-order valence-electron chi connectivity index (χ2n) is 6.72. The molecule has 0 atom stereocenters. The van der Waals surface area contributed by atoms with Gasteiger partial charge in [0.05, 0.1) is 10.5 Å². The summed E-state index contributed by atoms with van der Waals surface area (Å²) in [5.74, 6) is -0.191. The summed E-state index contributed by atoms with van der Waals surface area (Å²) in [4.78, 5) is 24.3. The highest BCUT2D eigenvalue weighted by Gasteiger charge is 2.34. The number of nitro groups is 1. The zero-order valence-electron chi connectivity index (χ0n) is 15.2. The lowest BCUT2D eigenvalue weighted by molar-refractivity contribution is -0.384. The van der Waals surface area contributed by atoms with E-state index in [1.54, 1.807) is 4.90 Å². The molecule has 1 aromatic carbocycles. The molecule has 1 heterocycles. The number of halogens is 3. The minimum absolute atomic E-state index is 0.0207. The number of nitrogens with zero attached hydrogens (tertiary/aromatic N) is 2. The Balaban J connectivity index is 2.01. The van der Waals surface area contributed by atoms with Crippen LogP contribution in [0.25, 0.3) is 0 Å². The maximum atomic E-state index is 12.8. The van der Waals surface area contributed by atoms with E-state index in [2.05, 4.69) is 12.2 Å². The van der Waals surface area contributed by atoms with Crippen molar-refractivity contribution in [3.63, 3.8) is 0 Å². The van der Waals surface area contributed by atoms with Gasteiger partial charge in [-0.1, -0.05) is 19.8 Å². The van der Waals surface area contributed by atoms with Crippen LogP contribution in [-0.4, -0.2) is 30.5 Å². The predicted octanol–water partition coefficient (Wildman–Crippen LogP) is 4.14. The van der Waals surface area contributed by atoms with Gasteiger partial charge in [-0.3, -0.25) is 14.9 Å². The molecule has 0 aliphatic carbocycles. The molecule has 0 aromatic heterocycles. The van der Waals surface area contributed by atoms with Gasteiger partial charge < -0.3 is 10.2 Å². The van der Waals surface area contributed by atoms with Crippen molar-refractivity contribution in [2.45, 2.75) is 45.2 Å². The molecule has 1 N–H and O–H groups in total. The van der Waals surface area contributed by atoms with Gasteiger partial charge in [0.15, 0.2) is 0 Å². The number of nitro benzene ring substituents is 1. The van der Waals surface area contributed by atoms with Crippen molar-refractivity contribution in [2.24, 2.45) is 5.92 Å². The number of alkyl halides is 3. The van der Waals surface area contributed by atoms with Gasteiger partial charge in [0.2, 0.25) is 5.91 Å². The highest BCUT2D eigenvalue weighted by atomic mass is 19.4. The molecule has 9 heteroatoms. The highest BCUT2D eigenvalue weighted by molar-refractivity contribution is 5.79. The molecule has 1 aromatic rings. The average Bonchev–Trinajstić information content (AvgIpc) is 2.64. The largest absolute Gasteiger partial charge is 0.416 e. The molecule has 1 fully saturated rings. The zero-order valence-corrected chi connectivity index (χ0v) is 15.2. The molecule has 0 saturated carbocycles. The molecule has 1 saturated heterocycles. The van der Waals surface area contributed by atoms with Crippen molar-refractivity contribution in [2.75, 3.05) is 24.5 Å². The van der Waals surface area contributed by atoms with Gasteiger partial charge >= 0.3 is 6.18 Å². The number of hydrogen-bond acceptors (Lipinski definition) is 4. The summed E-state index contributed by atoms with van der Waals surface area (Å²) in [6.45, 7) is 3.49. The first-order chi connectivity index (χ1) is 12.7. The van der Waals surface area contributed by atoms with Crippen LogP contribution in [0.5, 0.6) is 0 Å². The first kappa shape index (κ1) is 21.0. The summed E-state index contributed by atoms with van der Waals surface area (Å²) in [6, 6.07) is 2.57. The minimum Gasteiger partial charge on any atom is -0.366 e. The van der Waals surface area contributed by atoms with Crippen LogP contribution in [0.3, 0.4) is 0 Å². The normalized spacial score (nSPS) is 15.6. The van der Waals surface area contributed by atoms with Crippen LogP contribution in [-0.2, 0) is 11.0 Å². The molecular weight excluding hydrogens is 363 g/mol. The van der Waals surface area contributed by atoms with Crippen LogP contribution in [0.4, 0.5) is 24.5 Å². The summed E-state index contributed by atoms with van der Waals surface area (Å²) in [7, 11) is 0. The molecule has 0 unspecified atom stereocenters. The maximum absolute atomic E-state index is 12.8. The van der Waals surface area contributed by atoms with E-state index < -0.39 is 22.4 Å². The number of amides is 1. The standard InChI is InChI=1S/C18H24F3N3O3/c1-2-3-4-9-22-17(25)13-7-10-23(11-8-13)15-6-5-14(18(19,20)21)12-16(15)24(26)27/h5-6,12-13H,2-4,7-11H2,1H3,(H,22,25). The van der Waals surface area contributed by atoms with E-state index in [1.807, 2.05) is 0 Å². The smallest absolute Gasteiger partial charge is 0.366 e. The van der Waals surface area contributed by atoms with Gasteiger partial charge in [-0.05, 0) is 31.4 Å². The molecule has 0 bridgehead atoms. The third kappa shape index (κ3) is 5.58. The molecule has 6 nitrogen and oxygen atoms in total. The Morgan fingerprint density at radius 3 is 2.52 bits per heavy atom. The maximum Gasteiger partial charge on any atom is 0.416 e. The number of piperidine rings is 1. The van der Waals surface area contributed by atoms with Gasteiger partial charge in [-0.25, -0.2) is 0 Å². The molecule has 27 heavy (non-hydrogen) atoms. The van der Waals surface area contributed by atoms with Crippen LogP contribution < -0.4 is 10.2 Å². The second-order valence-corrected chi connectivity index (χ2v) is 6.72. The topological polar surface area (TPSA) is 75.5 Å². The van der Waals surface area contributed by atoms with Crippen LogP contribution in [0.1, 0.15) is 44.6 Å². The van der Waals surface area contributed by atoms with E-state index in [0.717, 1.165) is 31.4 Å². The Labute approximate surface area is 155 Å². The lowest BCUT2D eigenvalue weighted by Gasteiger charge is -2.32. The third-order valence-corrected chi connectivity index (χ3v) is 4.79. The van der Waals surface area contributed by atoms with Crippen molar-refractivity contribution >= 4 is 17.3 Å². The van der Waals surface area contributed by atoms with Crippen LogP contribution in [0.15, 0.2) is 18.2 Å². The molecule has 1 aliphatic rings. The second kappa shape index (κ2) is 9.05. The molecule has 1 amide bonds. The van der Waals surface area contributed by atoms with Crippen molar-refractivity contribution in [3.05, 3.63) is 33.9 Å². The summed E-state index contributed by atoms with van der Waals surface area (Å²) in [5, 5.41) is 14.1. The fourth-order valence-electron chi connectivity index (χ4n) is 3.23. The Hall–Kier alpha value is -2.32. The third-order valence-electron chi connectivity index (χ3n) is 4.79. The van der Waals surface area contributed by atoms with Gasteiger partial charge in [0.1, 0.15) is 5.69 Å². The van der Waals surface area contributed by atoms with E-state index >= 15 is 0 Å². The van der Waals surface area contributed by atoms with Gasteiger partial charge in [-0.2, -0.15) is 13.2 Å². The molecule has 150 valence electrons. The number of unbranched alkanes of at least 4 members (excludes halogenated alkanes) is 2. The van der Waals surface area contributed by atoms with E-state index in [0.29, 0.717) is 38.5 Å². The van der Waals surface area contributed by atoms with Crippen LogP contribution in [0.2, 0.25) is 0 Å². The summed E-state index contributed by atoms with van der Waals surface area (Å²) < 4.78 is 38.4. The first-order valence-corrected chi connectivity index (χ1v) is 9.12. The van der Waals surface area contributed by atoms with Crippen molar-refractivity contribution in [1.29, 1.82) is 0 Å². The number of hydrogen-bond donors (Lipinski definition) is 1. The number of nitrogens with one attached hydrogen (secondary N) is 1.